The van der Waals surface area contributed by atoms with Gasteiger partial charge in [-0.15, -0.1) is 0 Å². The molecule has 0 heterocycles. The predicted octanol–water partition coefficient (Wildman–Crippen LogP) is 2.57. The summed E-state index contributed by atoms with van der Waals surface area (Å²) in [4.78, 5) is 23.9. The summed E-state index contributed by atoms with van der Waals surface area (Å²) < 4.78 is 47.2. The number of amides is 1. The molecule has 1 atom stereocenters. The molecule has 2 aromatic rings. The number of halogens is 1. The Morgan fingerprint density at radius 1 is 1.14 bits per heavy atom. The number of sulfone groups is 1. The van der Waals surface area contributed by atoms with Crippen molar-refractivity contribution < 1.29 is 31.9 Å². The van der Waals surface area contributed by atoms with Crippen molar-refractivity contribution in [2.45, 2.75) is 24.3 Å². The average molecular weight is 409 g/mol. The van der Waals surface area contributed by atoms with Crippen molar-refractivity contribution in [2.24, 2.45) is 0 Å². The molecular formula is C19H20FNO6S. The van der Waals surface area contributed by atoms with Crippen LogP contribution in [0.2, 0.25) is 0 Å². The molecule has 0 saturated carbocycles. The fourth-order valence-corrected chi connectivity index (χ4v) is 3.45. The molecule has 0 spiro atoms. The Morgan fingerprint density at radius 2 is 1.82 bits per heavy atom. The summed E-state index contributed by atoms with van der Waals surface area (Å²) in [5.74, 6) is -1.92. The maximum atomic E-state index is 12.9. The van der Waals surface area contributed by atoms with E-state index in [0.29, 0.717) is 11.4 Å². The van der Waals surface area contributed by atoms with Crippen LogP contribution in [-0.4, -0.2) is 39.3 Å². The number of rotatable bonds is 8. The second-order valence-electron chi connectivity index (χ2n) is 5.88. The first-order chi connectivity index (χ1) is 13.2. The maximum Gasteiger partial charge on any atom is 0.307 e. The quantitative estimate of drug-likeness (QED) is 0.531. The van der Waals surface area contributed by atoms with Gasteiger partial charge in [-0.3, -0.25) is 9.59 Å². The molecule has 0 aliphatic carbocycles. The molecule has 2 aromatic carbocycles. The molecule has 0 aliphatic heterocycles. The molecule has 0 aliphatic rings. The van der Waals surface area contributed by atoms with E-state index in [1.165, 1.54) is 14.0 Å². The molecule has 0 unspecified atom stereocenters. The Bertz CT molecular complexity index is 943. The fraction of sp³-hybridized carbons (Fsp3) is 0.263. The van der Waals surface area contributed by atoms with Crippen molar-refractivity contribution in [3.05, 3.63) is 54.3 Å². The highest BCUT2D eigenvalue weighted by molar-refractivity contribution is 7.91. The van der Waals surface area contributed by atoms with E-state index in [9.17, 15) is 22.4 Å². The molecule has 7 nitrogen and oxygen atoms in total. The minimum absolute atomic E-state index is 0.0921. The Hall–Kier alpha value is -2.94. The Kier molecular flexibility index (Phi) is 7.11. The number of carbonyl (C=O) groups excluding carboxylic acids is 2. The van der Waals surface area contributed by atoms with Crippen LogP contribution < -0.4 is 10.1 Å². The van der Waals surface area contributed by atoms with Gasteiger partial charge in [0, 0.05) is 11.8 Å². The van der Waals surface area contributed by atoms with Crippen molar-refractivity contribution in [3.8, 4) is 5.75 Å². The lowest BCUT2D eigenvalue weighted by molar-refractivity contribution is -0.152. The monoisotopic (exact) mass is 409 g/mol. The normalized spacial score (nSPS) is 12.1. The molecular weight excluding hydrogens is 389 g/mol. The van der Waals surface area contributed by atoms with Gasteiger partial charge in [-0.2, -0.15) is 0 Å². The van der Waals surface area contributed by atoms with Crippen LogP contribution in [0, 0.1) is 5.82 Å². The number of methoxy groups -OCH3 is 1. The van der Waals surface area contributed by atoms with Gasteiger partial charge in [0.25, 0.3) is 5.91 Å². The van der Waals surface area contributed by atoms with E-state index in [1.807, 2.05) is 0 Å². The summed E-state index contributed by atoms with van der Waals surface area (Å²) in [6, 6.07) is 10.9. The summed E-state index contributed by atoms with van der Waals surface area (Å²) in [5, 5.41) is 2.58. The molecule has 0 saturated heterocycles. The number of esters is 1. The topological polar surface area (TPSA) is 98.8 Å². The first-order valence-corrected chi connectivity index (χ1v) is 9.99. The molecule has 1 amide bonds. The highest BCUT2D eigenvalue weighted by Crippen LogP contribution is 2.17. The third-order valence-electron chi connectivity index (χ3n) is 3.76. The summed E-state index contributed by atoms with van der Waals surface area (Å²) in [6.07, 6.45) is -1.55. The Morgan fingerprint density at radius 3 is 2.46 bits per heavy atom. The zero-order valence-corrected chi connectivity index (χ0v) is 16.2. The first kappa shape index (κ1) is 21.4. The van der Waals surface area contributed by atoms with E-state index < -0.39 is 45.8 Å². The number of ether oxygens (including phenoxy) is 2. The second-order valence-corrected chi connectivity index (χ2v) is 7.99. The third kappa shape index (κ3) is 6.05. The van der Waals surface area contributed by atoms with Crippen molar-refractivity contribution in [2.75, 3.05) is 18.2 Å². The van der Waals surface area contributed by atoms with Gasteiger partial charge in [-0.05, 0) is 43.3 Å². The van der Waals surface area contributed by atoms with Crippen LogP contribution in [0.25, 0.3) is 0 Å². The molecule has 1 N–H and O–H groups in total. The number of hydrogen-bond acceptors (Lipinski definition) is 6. The third-order valence-corrected chi connectivity index (χ3v) is 5.49. The molecule has 0 aromatic heterocycles. The van der Waals surface area contributed by atoms with Crippen LogP contribution in [0.5, 0.6) is 5.75 Å². The molecule has 150 valence electrons. The van der Waals surface area contributed by atoms with E-state index in [0.717, 1.165) is 24.3 Å². The van der Waals surface area contributed by atoms with Gasteiger partial charge >= 0.3 is 5.97 Å². The average Bonchev–Trinajstić information content (AvgIpc) is 2.67. The van der Waals surface area contributed by atoms with Crippen molar-refractivity contribution in [1.29, 1.82) is 0 Å². The van der Waals surface area contributed by atoms with Crippen LogP contribution in [0.1, 0.15) is 13.3 Å². The summed E-state index contributed by atoms with van der Waals surface area (Å²) in [7, 11) is -2.27. The summed E-state index contributed by atoms with van der Waals surface area (Å²) >= 11 is 0. The van der Waals surface area contributed by atoms with E-state index in [2.05, 4.69) is 5.32 Å². The largest absolute Gasteiger partial charge is 0.497 e. The second kappa shape index (κ2) is 9.32. The summed E-state index contributed by atoms with van der Waals surface area (Å²) in [6.45, 7) is 1.38. The molecule has 28 heavy (non-hydrogen) atoms. The van der Waals surface area contributed by atoms with Gasteiger partial charge in [0.15, 0.2) is 15.9 Å². The molecule has 9 heteroatoms. The highest BCUT2D eigenvalue weighted by Gasteiger charge is 2.21. The number of hydrogen-bond donors (Lipinski definition) is 1. The van der Waals surface area contributed by atoms with Crippen LogP contribution >= 0.6 is 0 Å². The Balaban J connectivity index is 1.87. The molecule has 2 rings (SSSR count). The minimum Gasteiger partial charge on any atom is -0.497 e. The fourth-order valence-electron chi connectivity index (χ4n) is 2.23. The SMILES string of the molecule is COc1cccc(NC(=O)[C@H](C)OC(=O)CCS(=O)(=O)c2ccc(F)cc2)c1. The zero-order valence-electron chi connectivity index (χ0n) is 15.3. The lowest BCUT2D eigenvalue weighted by Crippen LogP contribution is -2.30. The lowest BCUT2D eigenvalue weighted by Gasteiger charge is -2.14. The number of nitrogens with one attached hydrogen (secondary N) is 1. The number of anilines is 1. The van der Waals surface area contributed by atoms with Gasteiger partial charge in [0.1, 0.15) is 11.6 Å². The molecule has 0 bridgehead atoms. The Labute approximate surface area is 162 Å². The molecule has 0 radical (unpaired) electrons. The number of carbonyl (C=O) groups is 2. The highest BCUT2D eigenvalue weighted by atomic mass is 32.2. The van der Waals surface area contributed by atoms with Crippen LogP contribution in [0.15, 0.2) is 53.4 Å². The maximum absolute atomic E-state index is 12.9. The van der Waals surface area contributed by atoms with Crippen LogP contribution in [0.3, 0.4) is 0 Å². The van der Waals surface area contributed by atoms with E-state index in [1.54, 1.807) is 24.3 Å². The molecule has 0 fully saturated rings. The lowest BCUT2D eigenvalue weighted by atomic mass is 10.3. The van der Waals surface area contributed by atoms with Crippen molar-refractivity contribution in [3.63, 3.8) is 0 Å². The minimum atomic E-state index is -3.77. The smallest absolute Gasteiger partial charge is 0.307 e. The van der Waals surface area contributed by atoms with Crippen molar-refractivity contribution in [1.82, 2.24) is 0 Å². The van der Waals surface area contributed by atoms with Crippen LogP contribution in [0.4, 0.5) is 10.1 Å². The van der Waals surface area contributed by atoms with E-state index in [-0.39, 0.29) is 4.90 Å². The van der Waals surface area contributed by atoms with Gasteiger partial charge < -0.3 is 14.8 Å². The predicted molar refractivity (Wildman–Crippen MR) is 100 cm³/mol. The van der Waals surface area contributed by atoms with E-state index >= 15 is 0 Å². The zero-order chi connectivity index (χ0) is 20.7. The number of benzene rings is 2. The van der Waals surface area contributed by atoms with Gasteiger partial charge in [0.2, 0.25) is 0 Å². The standard InChI is InChI=1S/C19H20FNO6S/c1-13(19(23)21-15-4-3-5-16(12-15)26-2)27-18(22)10-11-28(24,25)17-8-6-14(20)7-9-17/h3-9,12-13H,10-11H2,1-2H3,(H,21,23)/t13-/m0/s1. The van der Waals surface area contributed by atoms with E-state index in [4.69, 9.17) is 9.47 Å². The summed E-state index contributed by atoms with van der Waals surface area (Å²) in [5.41, 5.74) is 0.464. The van der Waals surface area contributed by atoms with Crippen molar-refractivity contribution >= 4 is 27.4 Å². The van der Waals surface area contributed by atoms with Crippen LogP contribution in [-0.2, 0) is 24.2 Å². The first-order valence-electron chi connectivity index (χ1n) is 8.34. The van der Waals surface area contributed by atoms with Gasteiger partial charge in [0.05, 0.1) is 24.2 Å². The van der Waals surface area contributed by atoms with Gasteiger partial charge in [-0.1, -0.05) is 6.07 Å². The van der Waals surface area contributed by atoms with Gasteiger partial charge in [-0.25, -0.2) is 12.8 Å².